The van der Waals surface area contributed by atoms with Gasteiger partial charge < -0.3 is 5.11 Å². The molecule has 2 aromatic carbocycles. The molecular formula is C17H13BrClNO. The second-order valence-corrected chi connectivity index (χ2v) is 6.15. The van der Waals surface area contributed by atoms with Gasteiger partial charge in [-0.3, -0.25) is 4.98 Å². The zero-order chi connectivity index (χ0) is 14.8. The van der Waals surface area contributed by atoms with E-state index in [2.05, 4.69) is 20.9 Å². The van der Waals surface area contributed by atoms with Gasteiger partial charge in [-0.2, -0.15) is 0 Å². The van der Waals surface area contributed by atoms with Crippen LogP contribution in [0.5, 0.6) is 0 Å². The average Bonchev–Trinajstić information content (AvgIpc) is 2.50. The molecule has 0 aliphatic heterocycles. The Bertz CT molecular complexity index is 791. The van der Waals surface area contributed by atoms with Gasteiger partial charge in [0.1, 0.15) is 0 Å². The van der Waals surface area contributed by atoms with Crippen molar-refractivity contribution in [2.24, 2.45) is 0 Å². The van der Waals surface area contributed by atoms with Crippen LogP contribution < -0.4 is 0 Å². The number of benzene rings is 2. The third-order valence-corrected chi connectivity index (χ3v) is 4.62. The number of aromatic nitrogens is 1. The molecular weight excluding hydrogens is 350 g/mol. The Kier molecular flexibility index (Phi) is 4.24. The largest absolute Gasteiger partial charge is 0.388 e. The van der Waals surface area contributed by atoms with Crippen LogP contribution in [0.15, 0.2) is 59.1 Å². The smallest absolute Gasteiger partial charge is 0.0846 e. The SMILES string of the molecule is OC(Cc1ccc2ccccc2n1)c1ccc(Br)c(Cl)c1. The molecule has 4 heteroatoms. The van der Waals surface area contributed by atoms with Crippen LogP contribution >= 0.6 is 27.5 Å². The highest BCUT2D eigenvalue weighted by molar-refractivity contribution is 9.10. The van der Waals surface area contributed by atoms with Gasteiger partial charge in [0.25, 0.3) is 0 Å². The van der Waals surface area contributed by atoms with Crippen LogP contribution in [0, 0.1) is 0 Å². The molecule has 0 aliphatic carbocycles. The highest BCUT2D eigenvalue weighted by Crippen LogP contribution is 2.27. The summed E-state index contributed by atoms with van der Waals surface area (Å²) in [5, 5.41) is 12.0. The number of fused-ring (bicyclic) bond motifs is 1. The van der Waals surface area contributed by atoms with Gasteiger partial charge >= 0.3 is 0 Å². The van der Waals surface area contributed by atoms with Crippen molar-refractivity contribution < 1.29 is 5.11 Å². The van der Waals surface area contributed by atoms with E-state index < -0.39 is 6.10 Å². The lowest BCUT2D eigenvalue weighted by atomic mass is 10.0. The van der Waals surface area contributed by atoms with Crippen molar-refractivity contribution in [3.63, 3.8) is 0 Å². The Balaban J connectivity index is 1.85. The standard InChI is InChI=1S/C17H13BrClNO/c18-14-8-6-12(9-15(14)19)17(21)10-13-7-5-11-3-1-2-4-16(11)20-13/h1-9,17,21H,10H2. The number of pyridine rings is 1. The number of aliphatic hydroxyl groups excluding tert-OH is 1. The molecule has 1 heterocycles. The summed E-state index contributed by atoms with van der Waals surface area (Å²) in [5.74, 6) is 0. The van der Waals surface area contributed by atoms with E-state index in [1.54, 1.807) is 6.07 Å². The van der Waals surface area contributed by atoms with E-state index in [0.717, 1.165) is 26.6 Å². The summed E-state index contributed by atoms with van der Waals surface area (Å²) in [6, 6.07) is 17.4. The molecule has 1 N–H and O–H groups in total. The molecule has 0 radical (unpaired) electrons. The fourth-order valence-corrected chi connectivity index (χ4v) is 2.69. The van der Waals surface area contributed by atoms with E-state index in [-0.39, 0.29) is 0 Å². The van der Waals surface area contributed by atoms with E-state index >= 15 is 0 Å². The molecule has 3 aromatic rings. The maximum absolute atomic E-state index is 10.3. The molecule has 0 saturated carbocycles. The summed E-state index contributed by atoms with van der Waals surface area (Å²) in [6.45, 7) is 0. The molecule has 1 atom stereocenters. The van der Waals surface area contributed by atoms with Crippen molar-refractivity contribution in [3.05, 3.63) is 75.4 Å². The average molecular weight is 363 g/mol. The van der Waals surface area contributed by atoms with Gasteiger partial charge in [0.05, 0.1) is 16.6 Å². The van der Waals surface area contributed by atoms with Crippen LogP contribution in [-0.2, 0) is 6.42 Å². The van der Waals surface area contributed by atoms with Crippen LogP contribution in [0.1, 0.15) is 17.4 Å². The van der Waals surface area contributed by atoms with Crippen molar-refractivity contribution in [3.8, 4) is 0 Å². The number of para-hydroxylation sites is 1. The van der Waals surface area contributed by atoms with Gasteiger partial charge in [-0.05, 0) is 45.8 Å². The van der Waals surface area contributed by atoms with E-state index in [1.807, 2.05) is 48.5 Å². The molecule has 106 valence electrons. The van der Waals surface area contributed by atoms with Gasteiger partial charge in [0.15, 0.2) is 0 Å². The number of hydrogen-bond donors (Lipinski definition) is 1. The summed E-state index contributed by atoms with van der Waals surface area (Å²) < 4.78 is 0.823. The topological polar surface area (TPSA) is 33.1 Å². The second kappa shape index (κ2) is 6.14. The minimum Gasteiger partial charge on any atom is -0.388 e. The third-order valence-electron chi connectivity index (χ3n) is 3.39. The van der Waals surface area contributed by atoms with E-state index in [1.165, 1.54) is 0 Å². The Morgan fingerprint density at radius 3 is 2.71 bits per heavy atom. The molecule has 0 spiro atoms. The summed E-state index contributed by atoms with van der Waals surface area (Å²) >= 11 is 9.41. The maximum atomic E-state index is 10.3. The van der Waals surface area contributed by atoms with Crippen LogP contribution in [0.4, 0.5) is 0 Å². The Morgan fingerprint density at radius 1 is 1.10 bits per heavy atom. The van der Waals surface area contributed by atoms with Crippen LogP contribution in [-0.4, -0.2) is 10.1 Å². The van der Waals surface area contributed by atoms with Crippen LogP contribution in [0.25, 0.3) is 10.9 Å². The first-order valence-corrected chi connectivity index (χ1v) is 7.78. The van der Waals surface area contributed by atoms with Gasteiger partial charge in [-0.25, -0.2) is 0 Å². The van der Waals surface area contributed by atoms with E-state index in [0.29, 0.717) is 11.4 Å². The molecule has 2 nitrogen and oxygen atoms in total. The monoisotopic (exact) mass is 361 g/mol. The predicted octanol–water partition coefficient (Wildman–Crippen LogP) is 4.93. The number of nitrogens with zero attached hydrogens (tertiary/aromatic N) is 1. The summed E-state index contributed by atoms with van der Waals surface area (Å²) in [6.07, 6.45) is -0.160. The quantitative estimate of drug-likeness (QED) is 0.717. The number of rotatable bonds is 3. The fourth-order valence-electron chi connectivity index (χ4n) is 2.26. The third kappa shape index (κ3) is 3.26. The molecule has 0 aliphatic rings. The van der Waals surface area contributed by atoms with Crippen LogP contribution in [0.2, 0.25) is 5.02 Å². The summed E-state index contributed by atoms with van der Waals surface area (Å²) in [5.41, 5.74) is 2.59. The second-order valence-electron chi connectivity index (χ2n) is 4.89. The first kappa shape index (κ1) is 14.5. The Hall–Kier alpha value is -1.42. The first-order valence-electron chi connectivity index (χ1n) is 6.61. The number of aliphatic hydroxyl groups is 1. The van der Waals surface area contributed by atoms with Crippen molar-refractivity contribution in [2.45, 2.75) is 12.5 Å². The molecule has 3 rings (SSSR count). The van der Waals surface area contributed by atoms with Gasteiger partial charge in [-0.1, -0.05) is 41.9 Å². The zero-order valence-electron chi connectivity index (χ0n) is 11.1. The van der Waals surface area contributed by atoms with Crippen molar-refractivity contribution in [2.75, 3.05) is 0 Å². The zero-order valence-corrected chi connectivity index (χ0v) is 13.5. The lowest BCUT2D eigenvalue weighted by molar-refractivity contribution is 0.177. The Morgan fingerprint density at radius 2 is 1.90 bits per heavy atom. The molecule has 0 saturated heterocycles. The minimum absolute atomic E-state index is 0.461. The maximum Gasteiger partial charge on any atom is 0.0846 e. The highest BCUT2D eigenvalue weighted by Gasteiger charge is 2.11. The summed E-state index contributed by atoms with van der Waals surface area (Å²) in [4.78, 5) is 4.58. The van der Waals surface area contributed by atoms with E-state index in [9.17, 15) is 5.11 Å². The molecule has 21 heavy (non-hydrogen) atoms. The van der Waals surface area contributed by atoms with Crippen molar-refractivity contribution in [1.82, 2.24) is 4.98 Å². The molecule has 0 amide bonds. The molecule has 0 bridgehead atoms. The van der Waals surface area contributed by atoms with Crippen molar-refractivity contribution in [1.29, 1.82) is 0 Å². The normalized spacial score (nSPS) is 12.5. The van der Waals surface area contributed by atoms with Gasteiger partial charge in [-0.15, -0.1) is 0 Å². The fraction of sp³-hybridized carbons (Fsp3) is 0.118. The van der Waals surface area contributed by atoms with Gasteiger partial charge in [0.2, 0.25) is 0 Å². The molecule has 1 aromatic heterocycles. The number of hydrogen-bond acceptors (Lipinski definition) is 2. The predicted molar refractivity (Wildman–Crippen MR) is 89.6 cm³/mol. The van der Waals surface area contributed by atoms with Crippen LogP contribution in [0.3, 0.4) is 0 Å². The van der Waals surface area contributed by atoms with Crippen molar-refractivity contribution >= 4 is 38.4 Å². The first-order chi connectivity index (χ1) is 10.1. The van der Waals surface area contributed by atoms with E-state index in [4.69, 9.17) is 11.6 Å². The highest BCUT2D eigenvalue weighted by atomic mass is 79.9. The number of halogens is 2. The molecule has 1 unspecified atom stereocenters. The Labute approximate surface area is 136 Å². The molecule has 0 fully saturated rings. The summed E-state index contributed by atoms with van der Waals surface area (Å²) in [7, 11) is 0. The lowest BCUT2D eigenvalue weighted by Gasteiger charge is -2.12. The lowest BCUT2D eigenvalue weighted by Crippen LogP contribution is -2.03. The van der Waals surface area contributed by atoms with Gasteiger partial charge in [0, 0.05) is 22.0 Å². The minimum atomic E-state index is -0.621.